The van der Waals surface area contributed by atoms with Crippen LogP contribution < -0.4 is 5.32 Å². The van der Waals surface area contributed by atoms with Gasteiger partial charge in [-0.15, -0.1) is 0 Å². The van der Waals surface area contributed by atoms with Gasteiger partial charge in [0.15, 0.2) is 0 Å². The molecular formula is C12H20N2O. The molecule has 3 nitrogen and oxygen atoms in total. The highest BCUT2D eigenvalue weighted by atomic mass is 16.5. The lowest BCUT2D eigenvalue weighted by molar-refractivity contribution is 0.208. The Morgan fingerprint density at radius 1 is 1.13 bits per heavy atom. The highest BCUT2D eigenvalue weighted by Crippen LogP contribution is 2.33. The molecule has 2 atom stereocenters. The van der Waals surface area contributed by atoms with Gasteiger partial charge in [0.1, 0.15) is 6.61 Å². The molecule has 0 aromatic carbocycles. The second-order valence-electron chi connectivity index (χ2n) is 5.04. The molecule has 2 heterocycles. The van der Waals surface area contributed by atoms with E-state index in [-0.39, 0.29) is 0 Å². The van der Waals surface area contributed by atoms with Crippen LogP contribution in [0.25, 0.3) is 0 Å². The Balaban J connectivity index is 1.61. The first-order valence-corrected chi connectivity index (χ1v) is 6.37. The number of ether oxygens (including phenoxy) is 1. The Morgan fingerprint density at radius 2 is 2.07 bits per heavy atom. The van der Waals surface area contributed by atoms with Gasteiger partial charge in [0.25, 0.3) is 0 Å². The van der Waals surface area contributed by atoms with Gasteiger partial charge in [-0.2, -0.15) is 0 Å². The van der Waals surface area contributed by atoms with Crippen molar-refractivity contribution in [3.63, 3.8) is 0 Å². The molecule has 3 heteroatoms. The van der Waals surface area contributed by atoms with Gasteiger partial charge < -0.3 is 10.1 Å². The van der Waals surface area contributed by atoms with E-state index in [4.69, 9.17) is 9.73 Å². The summed E-state index contributed by atoms with van der Waals surface area (Å²) in [4.78, 5) is 4.77. The minimum atomic E-state index is 0.420. The molecule has 2 unspecified atom stereocenters. The zero-order valence-corrected chi connectivity index (χ0v) is 9.24. The summed E-state index contributed by atoms with van der Waals surface area (Å²) in [6.07, 6.45) is 7.94. The predicted octanol–water partition coefficient (Wildman–Crippen LogP) is 1.73. The standard InChI is InChI=1S/C12H20N2O/c1-2-7-13-10(6-1)12-14-11(8-15-12)9-4-3-5-9/h9-11,13H,1-8H2. The Morgan fingerprint density at radius 3 is 2.73 bits per heavy atom. The molecule has 2 aliphatic heterocycles. The van der Waals surface area contributed by atoms with E-state index in [2.05, 4.69) is 5.32 Å². The average Bonchev–Trinajstić information content (AvgIpc) is 2.66. The van der Waals surface area contributed by atoms with Crippen LogP contribution in [0.4, 0.5) is 0 Å². The summed E-state index contributed by atoms with van der Waals surface area (Å²) in [5, 5.41) is 3.50. The molecular weight excluding hydrogens is 188 g/mol. The number of hydrogen-bond donors (Lipinski definition) is 1. The fourth-order valence-corrected chi connectivity index (χ4v) is 2.73. The highest BCUT2D eigenvalue weighted by molar-refractivity contribution is 5.83. The Hall–Kier alpha value is -0.570. The summed E-state index contributed by atoms with van der Waals surface area (Å²) in [5.41, 5.74) is 0. The summed E-state index contributed by atoms with van der Waals surface area (Å²) in [5.74, 6) is 1.83. The average molecular weight is 208 g/mol. The molecule has 0 amide bonds. The largest absolute Gasteiger partial charge is 0.478 e. The third-order valence-electron chi connectivity index (χ3n) is 4.00. The van der Waals surface area contributed by atoms with Crippen molar-refractivity contribution < 1.29 is 4.74 Å². The Labute approximate surface area is 91.3 Å². The van der Waals surface area contributed by atoms with Gasteiger partial charge in [-0.1, -0.05) is 12.8 Å². The SMILES string of the molecule is C1CCC(C2=NC(C3CCC3)CO2)NC1. The van der Waals surface area contributed by atoms with Crippen molar-refractivity contribution in [1.29, 1.82) is 0 Å². The fourth-order valence-electron chi connectivity index (χ4n) is 2.73. The molecule has 0 spiro atoms. The number of hydrogen-bond acceptors (Lipinski definition) is 3. The van der Waals surface area contributed by atoms with E-state index >= 15 is 0 Å². The lowest BCUT2D eigenvalue weighted by Gasteiger charge is -2.28. The molecule has 1 N–H and O–H groups in total. The first-order chi connectivity index (χ1) is 7.43. The predicted molar refractivity (Wildman–Crippen MR) is 60.2 cm³/mol. The van der Waals surface area contributed by atoms with E-state index in [1.807, 2.05) is 0 Å². The molecule has 84 valence electrons. The van der Waals surface area contributed by atoms with E-state index in [1.54, 1.807) is 0 Å². The van der Waals surface area contributed by atoms with E-state index in [0.717, 1.165) is 25.0 Å². The molecule has 1 saturated heterocycles. The molecule has 3 rings (SSSR count). The third-order valence-corrected chi connectivity index (χ3v) is 4.00. The third kappa shape index (κ3) is 1.89. The minimum absolute atomic E-state index is 0.420. The molecule has 2 fully saturated rings. The topological polar surface area (TPSA) is 33.6 Å². The normalized spacial score (nSPS) is 36.9. The lowest BCUT2D eigenvalue weighted by atomic mass is 9.80. The molecule has 15 heavy (non-hydrogen) atoms. The summed E-state index contributed by atoms with van der Waals surface area (Å²) in [7, 11) is 0. The van der Waals surface area contributed by atoms with Gasteiger partial charge >= 0.3 is 0 Å². The van der Waals surface area contributed by atoms with E-state index < -0.39 is 0 Å². The van der Waals surface area contributed by atoms with Crippen molar-refractivity contribution >= 4 is 5.90 Å². The summed E-state index contributed by atoms with van der Waals surface area (Å²) >= 11 is 0. The maximum absolute atomic E-state index is 5.75. The molecule has 0 aromatic rings. The Bertz CT molecular complexity index is 254. The monoisotopic (exact) mass is 208 g/mol. The van der Waals surface area contributed by atoms with Crippen molar-refractivity contribution in [2.45, 2.75) is 50.6 Å². The first-order valence-electron chi connectivity index (χ1n) is 6.37. The van der Waals surface area contributed by atoms with Crippen LogP contribution in [-0.4, -0.2) is 31.1 Å². The van der Waals surface area contributed by atoms with E-state index in [0.29, 0.717) is 12.1 Å². The van der Waals surface area contributed by atoms with Crippen LogP contribution in [0.15, 0.2) is 4.99 Å². The van der Waals surface area contributed by atoms with Crippen LogP contribution in [-0.2, 0) is 4.74 Å². The first kappa shape index (κ1) is 9.64. The van der Waals surface area contributed by atoms with Gasteiger partial charge in [-0.25, -0.2) is 4.99 Å². The minimum Gasteiger partial charge on any atom is -0.478 e. The van der Waals surface area contributed by atoms with Crippen molar-refractivity contribution in [1.82, 2.24) is 5.32 Å². The second-order valence-corrected chi connectivity index (χ2v) is 5.04. The van der Waals surface area contributed by atoms with Crippen LogP contribution >= 0.6 is 0 Å². The number of nitrogens with zero attached hydrogens (tertiary/aromatic N) is 1. The number of piperidine rings is 1. The number of nitrogens with one attached hydrogen (secondary N) is 1. The quantitative estimate of drug-likeness (QED) is 0.749. The van der Waals surface area contributed by atoms with Crippen molar-refractivity contribution in [3.8, 4) is 0 Å². The molecule has 0 bridgehead atoms. The van der Waals surface area contributed by atoms with Crippen LogP contribution in [0.1, 0.15) is 38.5 Å². The number of aliphatic imine (C=N–C) groups is 1. The summed E-state index contributed by atoms with van der Waals surface area (Å²) in [6, 6.07) is 0.904. The smallest absolute Gasteiger partial charge is 0.201 e. The molecule has 0 radical (unpaired) electrons. The summed E-state index contributed by atoms with van der Waals surface area (Å²) in [6.45, 7) is 1.97. The van der Waals surface area contributed by atoms with E-state index in [9.17, 15) is 0 Å². The zero-order chi connectivity index (χ0) is 10.1. The van der Waals surface area contributed by atoms with Gasteiger partial charge in [0.2, 0.25) is 5.90 Å². The highest BCUT2D eigenvalue weighted by Gasteiger charge is 2.34. The number of rotatable bonds is 2. The molecule has 3 aliphatic rings. The van der Waals surface area contributed by atoms with Crippen molar-refractivity contribution in [2.24, 2.45) is 10.9 Å². The molecule has 1 saturated carbocycles. The van der Waals surface area contributed by atoms with Crippen LogP contribution in [0.5, 0.6) is 0 Å². The molecule has 0 aromatic heterocycles. The van der Waals surface area contributed by atoms with Gasteiger partial charge in [-0.05, 0) is 38.1 Å². The van der Waals surface area contributed by atoms with Gasteiger partial charge in [0.05, 0.1) is 12.1 Å². The summed E-state index contributed by atoms with van der Waals surface area (Å²) < 4.78 is 5.75. The Kier molecular flexibility index (Phi) is 2.65. The fraction of sp³-hybridized carbons (Fsp3) is 0.917. The van der Waals surface area contributed by atoms with E-state index in [1.165, 1.54) is 38.5 Å². The van der Waals surface area contributed by atoms with Gasteiger partial charge in [0, 0.05) is 0 Å². The second kappa shape index (κ2) is 4.12. The maximum atomic E-state index is 5.75. The van der Waals surface area contributed by atoms with Crippen LogP contribution in [0.2, 0.25) is 0 Å². The van der Waals surface area contributed by atoms with Crippen LogP contribution in [0.3, 0.4) is 0 Å². The molecule has 1 aliphatic carbocycles. The van der Waals surface area contributed by atoms with Crippen molar-refractivity contribution in [3.05, 3.63) is 0 Å². The van der Waals surface area contributed by atoms with Crippen LogP contribution in [0, 0.1) is 5.92 Å². The zero-order valence-electron chi connectivity index (χ0n) is 9.24. The maximum Gasteiger partial charge on any atom is 0.201 e. The lowest BCUT2D eigenvalue weighted by Crippen LogP contribution is -2.40. The van der Waals surface area contributed by atoms with Crippen molar-refractivity contribution in [2.75, 3.05) is 13.2 Å². The van der Waals surface area contributed by atoms with Gasteiger partial charge in [-0.3, -0.25) is 0 Å².